The summed E-state index contributed by atoms with van der Waals surface area (Å²) >= 11 is 0. The monoisotopic (exact) mass is 354 g/mol. The zero-order valence-electron chi connectivity index (χ0n) is 14.3. The van der Waals surface area contributed by atoms with Crippen molar-refractivity contribution in [2.75, 3.05) is 0 Å². The van der Waals surface area contributed by atoms with Crippen molar-refractivity contribution in [3.05, 3.63) is 59.7 Å². The van der Waals surface area contributed by atoms with E-state index in [1.807, 2.05) is 0 Å². The molecule has 2 unspecified atom stereocenters. The maximum atomic E-state index is 12.5. The normalized spacial score (nSPS) is 19.5. The number of nitrogens with one attached hydrogen (secondary N) is 2. The molecule has 1 aliphatic rings. The van der Waals surface area contributed by atoms with Crippen LogP contribution in [0.2, 0.25) is 0 Å². The quantitative estimate of drug-likeness (QED) is 0.678. The second-order valence-corrected chi connectivity index (χ2v) is 6.48. The van der Waals surface area contributed by atoms with E-state index in [-0.39, 0.29) is 46.5 Å². The molecule has 0 radical (unpaired) electrons. The number of hydrogen-bond acceptors (Lipinski definition) is 4. The molecule has 2 aromatic carbocycles. The SMILES string of the molecule is O=C(NC1CCCCC1NC(=O)c1ccccc1O)c1ccccc1O. The van der Waals surface area contributed by atoms with Crippen molar-refractivity contribution in [2.45, 2.75) is 37.8 Å². The Hall–Kier alpha value is -3.02. The van der Waals surface area contributed by atoms with Crippen molar-refractivity contribution in [1.29, 1.82) is 0 Å². The summed E-state index contributed by atoms with van der Waals surface area (Å²) in [6.45, 7) is 0. The summed E-state index contributed by atoms with van der Waals surface area (Å²) in [5, 5.41) is 25.5. The van der Waals surface area contributed by atoms with E-state index in [0.717, 1.165) is 25.7 Å². The number of rotatable bonds is 4. The zero-order chi connectivity index (χ0) is 18.5. The molecule has 136 valence electrons. The van der Waals surface area contributed by atoms with Gasteiger partial charge in [0.15, 0.2) is 0 Å². The van der Waals surface area contributed by atoms with Crippen LogP contribution in [0, 0.1) is 0 Å². The maximum Gasteiger partial charge on any atom is 0.255 e. The molecule has 2 aromatic rings. The van der Waals surface area contributed by atoms with Gasteiger partial charge in [0.05, 0.1) is 11.1 Å². The first-order chi connectivity index (χ1) is 12.6. The molecule has 0 heterocycles. The Morgan fingerprint density at radius 2 is 1.12 bits per heavy atom. The fourth-order valence-electron chi connectivity index (χ4n) is 3.30. The van der Waals surface area contributed by atoms with E-state index in [1.54, 1.807) is 36.4 Å². The molecule has 2 amide bonds. The Morgan fingerprint density at radius 1 is 0.731 bits per heavy atom. The van der Waals surface area contributed by atoms with Gasteiger partial charge < -0.3 is 20.8 Å². The van der Waals surface area contributed by atoms with Crippen LogP contribution in [0.3, 0.4) is 0 Å². The molecule has 6 heteroatoms. The number of phenolic OH excluding ortho intramolecular Hbond substituents is 2. The third-order valence-electron chi connectivity index (χ3n) is 4.70. The smallest absolute Gasteiger partial charge is 0.255 e. The van der Waals surface area contributed by atoms with Gasteiger partial charge in [-0.2, -0.15) is 0 Å². The van der Waals surface area contributed by atoms with Crippen LogP contribution in [0.1, 0.15) is 46.4 Å². The fourth-order valence-corrected chi connectivity index (χ4v) is 3.30. The Morgan fingerprint density at radius 3 is 1.50 bits per heavy atom. The lowest BCUT2D eigenvalue weighted by Gasteiger charge is -2.33. The molecule has 2 atom stereocenters. The van der Waals surface area contributed by atoms with Gasteiger partial charge in [0.2, 0.25) is 0 Å². The van der Waals surface area contributed by atoms with Crippen LogP contribution < -0.4 is 10.6 Å². The van der Waals surface area contributed by atoms with E-state index in [1.165, 1.54) is 12.1 Å². The predicted octanol–water partition coefficient (Wildman–Crippen LogP) is 2.57. The first-order valence-electron chi connectivity index (χ1n) is 8.74. The number of carbonyl (C=O) groups excluding carboxylic acids is 2. The molecule has 4 N–H and O–H groups in total. The number of carbonyl (C=O) groups is 2. The number of hydrogen-bond donors (Lipinski definition) is 4. The second-order valence-electron chi connectivity index (χ2n) is 6.48. The largest absolute Gasteiger partial charge is 0.507 e. The summed E-state index contributed by atoms with van der Waals surface area (Å²) in [4.78, 5) is 24.9. The van der Waals surface area contributed by atoms with Crippen LogP contribution in [-0.2, 0) is 0 Å². The van der Waals surface area contributed by atoms with E-state index in [9.17, 15) is 19.8 Å². The molecule has 3 rings (SSSR count). The molecule has 1 saturated carbocycles. The van der Waals surface area contributed by atoms with Gasteiger partial charge in [-0.05, 0) is 37.1 Å². The fraction of sp³-hybridized carbons (Fsp3) is 0.300. The number of amides is 2. The Kier molecular flexibility index (Phi) is 5.41. The highest BCUT2D eigenvalue weighted by atomic mass is 16.3. The summed E-state index contributed by atoms with van der Waals surface area (Å²) in [6, 6.07) is 12.3. The van der Waals surface area contributed by atoms with E-state index in [2.05, 4.69) is 10.6 Å². The number of phenols is 2. The summed E-state index contributed by atoms with van der Waals surface area (Å²) < 4.78 is 0. The lowest BCUT2D eigenvalue weighted by molar-refractivity contribution is 0.0859. The second kappa shape index (κ2) is 7.91. The lowest BCUT2D eigenvalue weighted by Crippen LogP contribution is -2.53. The van der Waals surface area contributed by atoms with E-state index < -0.39 is 0 Å². The molecule has 26 heavy (non-hydrogen) atoms. The molecule has 0 aliphatic heterocycles. The highest BCUT2D eigenvalue weighted by Crippen LogP contribution is 2.22. The molecule has 0 bridgehead atoms. The highest BCUT2D eigenvalue weighted by Gasteiger charge is 2.29. The summed E-state index contributed by atoms with van der Waals surface area (Å²) in [7, 11) is 0. The summed E-state index contributed by atoms with van der Waals surface area (Å²) in [5.74, 6) is -0.875. The average Bonchev–Trinajstić information content (AvgIpc) is 2.64. The molecular weight excluding hydrogens is 332 g/mol. The minimum atomic E-state index is -0.364. The molecule has 0 saturated heterocycles. The van der Waals surface area contributed by atoms with Crippen molar-refractivity contribution >= 4 is 11.8 Å². The van der Waals surface area contributed by atoms with Crippen LogP contribution in [0.25, 0.3) is 0 Å². The number of benzene rings is 2. The zero-order valence-corrected chi connectivity index (χ0v) is 14.3. The third kappa shape index (κ3) is 3.96. The molecular formula is C20H22N2O4. The Balaban J connectivity index is 1.70. The van der Waals surface area contributed by atoms with Crippen LogP contribution in [0.15, 0.2) is 48.5 Å². The van der Waals surface area contributed by atoms with Crippen LogP contribution in [0.5, 0.6) is 11.5 Å². The van der Waals surface area contributed by atoms with Crippen molar-refractivity contribution in [3.63, 3.8) is 0 Å². The van der Waals surface area contributed by atoms with Gasteiger partial charge in [0.25, 0.3) is 11.8 Å². The number of para-hydroxylation sites is 2. The van der Waals surface area contributed by atoms with Gasteiger partial charge in [-0.25, -0.2) is 0 Å². The standard InChI is InChI=1S/C20H22N2O4/c23-17-11-5-1-7-13(17)19(25)21-15-9-3-4-10-16(15)22-20(26)14-8-2-6-12-18(14)24/h1-2,5-8,11-12,15-16,23-24H,3-4,9-10H2,(H,21,25)(H,22,26). The van der Waals surface area contributed by atoms with Gasteiger partial charge >= 0.3 is 0 Å². The van der Waals surface area contributed by atoms with Gasteiger partial charge in [-0.15, -0.1) is 0 Å². The van der Waals surface area contributed by atoms with Crippen molar-refractivity contribution in [3.8, 4) is 11.5 Å². The molecule has 0 aromatic heterocycles. The van der Waals surface area contributed by atoms with Gasteiger partial charge in [-0.1, -0.05) is 37.1 Å². The average molecular weight is 354 g/mol. The van der Waals surface area contributed by atoms with Crippen LogP contribution in [0.4, 0.5) is 0 Å². The minimum Gasteiger partial charge on any atom is -0.507 e. The minimum absolute atomic E-state index is 0.0735. The highest BCUT2D eigenvalue weighted by molar-refractivity contribution is 5.98. The van der Waals surface area contributed by atoms with Crippen LogP contribution >= 0.6 is 0 Å². The van der Waals surface area contributed by atoms with Crippen molar-refractivity contribution in [1.82, 2.24) is 10.6 Å². The van der Waals surface area contributed by atoms with Crippen molar-refractivity contribution < 1.29 is 19.8 Å². The number of aromatic hydroxyl groups is 2. The third-order valence-corrected chi connectivity index (χ3v) is 4.70. The van der Waals surface area contributed by atoms with Crippen molar-refractivity contribution in [2.24, 2.45) is 0 Å². The maximum absolute atomic E-state index is 12.5. The van der Waals surface area contributed by atoms with Crippen LogP contribution in [-0.4, -0.2) is 34.1 Å². The van der Waals surface area contributed by atoms with E-state index >= 15 is 0 Å². The topological polar surface area (TPSA) is 98.7 Å². The molecule has 1 aliphatic carbocycles. The molecule has 1 fully saturated rings. The Bertz CT molecular complexity index is 738. The van der Waals surface area contributed by atoms with E-state index in [0.29, 0.717) is 0 Å². The van der Waals surface area contributed by atoms with Gasteiger partial charge in [0.1, 0.15) is 11.5 Å². The lowest BCUT2D eigenvalue weighted by atomic mass is 9.89. The van der Waals surface area contributed by atoms with E-state index in [4.69, 9.17) is 0 Å². The summed E-state index contributed by atoms with van der Waals surface area (Å²) in [6.07, 6.45) is 3.39. The molecule has 6 nitrogen and oxygen atoms in total. The first-order valence-corrected chi connectivity index (χ1v) is 8.74. The predicted molar refractivity (Wildman–Crippen MR) is 97.2 cm³/mol. The molecule has 0 spiro atoms. The Labute approximate surface area is 151 Å². The van der Waals surface area contributed by atoms with Gasteiger partial charge in [-0.3, -0.25) is 9.59 Å². The van der Waals surface area contributed by atoms with Gasteiger partial charge in [0, 0.05) is 12.1 Å². The first kappa shape index (κ1) is 17.8. The summed E-state index contributed by atoms with van der Waals surface area (Å²) in [5.41, 5.74) is 0.424.